The molecular weight excluding hydrogens is 584 g/mol. The minimum Gasteiger partial charge on any atom is -0.348 e. The third-order valence-electron chi connectivity index (χ3n) is 7.23. The third-order valence-corrected chi connectivity index (χ3v) is 8.80. The maximum atomic E-state index is 13.6. The van der Waals surface area contributed by atoms with E-state index in [2.05, 4.69) is 32.9 Å². The standard InChI is InChI=1S/C26H30F3IN4O2/c1-14-11-15(2)32-24(35)19(14)13-31-25(36)22-16(3)34(20-8-6-5-7-18(20)22)23(30)17-9-10-33(4)21(12-17)26(27,28)29/h5-8,11,17,21,23H,9-10,12-13H2,1-4H3,(H,31,36)(H,32,35)/t17-,21?,23?/m0/s1. The zero-order valence-corrected chi connectivity index (χ0v) is 22.8. The number of aryl methyl sites for hydroxylation is 2. The molecule has 6 nitrogen and oxygen atoms in total. The molecule has 1 aromatic carbocycles. The van der Waals surface area contributed by atoms with Gasteiger partial charge in [0.05, 0.1) is 9.61 Å². The van der Waals surface area contributed by atoms with Crippen LogP contribution in [0.2, 0.25) is 0 Å². The van der Waals surface area contributed by atoms with Gasteiger partial charge in [-0.15, -0.1) is 0 Å². The van der Waals surface area contributed by atoms with Crippen molar-refractivity contribution in [1.29, 1.82) is 0 Å². The van der Waals surface area contributed by atoms with Crippen molar-refractivity contribution >= 4 is 39.4 Å². The van der Waals surface area contributed by atoms with Gasteiger partial charge >= 0.3 is 6.18 Å². The van der Waals surface area contributed by atoms with E-state index in [9.17, 15) is 22.8 Å². The first kappa shape index (κ1) is 26.7. The molecule has 1 amide bonds. The zero-order chi connectivity index (χ0) is 26.4. The van der Waals surface area contributed by atoms with Gasteiger partial charge in [-0.05, 0) is 70.8 Å². The molecule has 0 radical (unpaired) electrons. The topological polar surface area (TPSA) is 70.1 Å². The highest BCUT2D eigenvalue weighted by molar-refractivity contribution is 14.1. The number of pyridine rings is 1. The molecule has 2 unspecified atom stereocenters. The number of benzene rings is 1. The number of H-pyrrole nitrogens is 1. The van der Waals surface area contributed by atoms with Crippen molar-refractivity contribution in [3.63, 3.8) is 0 Å². The molecule has 0 aliphatic carbocycles. The predicted molar refractivity (Wildman–Crippen MR) is 143 cm³/mol. The smallest absolute Gasteiger partial charge is 0.348 e. The molecular formula is C26H30F3IN4O2. The molecule has 0 saturated carbocycles. The second-order valence-corrected chi connectivity index (χ2v) is 10.9. The Bertz CT molecular complexity index is 1350. The summed E-state index contributed by atoms with van der Waals surface area (Å²) in [6.45, 7) is 5.91. The number of alkyl halides is 4. The lowest BCUT2D eigenvalue weighted by Crippen LogP contribution is -2.49. The molecule has 0 spiro atoms. The minimum atomic E-state index is -4.28. The van der Waals surface area contributed by atoms with Gasteiger partial charge in [0.15, 0.2) is 0 Å². The lowest BCUT2D eigenvalue weighted by molar-refractivity contribution is -0.191. The number of aromatic nitrogens is 2. The molecule has 1 aliphatic heterocycles. The first-order valence-corrected chi connectivity index (χ1v) is 13.1. The zero-order valence-electron chi connectivity index (χ0n) is 20.7. The second kappa shape index (κ2) is 10.2. The monoisotopic (exact) mass is 614 g/mol. The summed E-state index contributed by atoms with van der Waals surface area (Å²) in [7, 11) is 1.52. The van der Waals surface area contributed by atoms with E-state index >= 15 is 0 Å². The molecule has 3 heterocycles. The Morgan fingerprint density at radius 1 is 1.25 bits per heavy atom. The number of para-hydroxylation sites is 1. The van der Waals surface area contributed by atoms with Crippen LogP contribution in [-0.4, -0.2) is 46.2 Å². The molecule has 36 heavy (non-hydrogen) atoms. The number of carbonyl (C=O) groups excluding carboxylic acids is 1. The van der Waals surface area contributed by atoms with Crippen LogP contribution in [0.1, 0.15) is 49.8 Å². The van der Waals surface area contributed by atoms with Crippen LogP contribution < -0.4 is 10.9 Å². The van der Waals surface area contributed by atoms with Crippen molar-refractivity contribution in [2.45, 2.75) is 56.4 Å². The summed E-state index contributed by atoms with van der Waals surface area (Å²) in [5.74, 6) is -0.519. The van der Waals surface area contributed by atoms with Gasteiger partial charge in [0.1, 0.15) is 6.04 Å². The number of piperidine rings is 1. The highest BCUT2D eigenvalue weighted by Gasteiger charge is 2.46. The van der Waals surface area contributed by atoms with Gasteiger partial charge in [0.2, 0.25) is 0 Å². The number of amides is 1. The van der Waals surface area contributed by atoms with Gasteiger partial charge in [-0.1, -0.05) is 40.8 Å². The fourth-order valence-electron chi connectivity index (χ4n) is 5.31. The molecule has 194 valence electrons. The number of aromatic amines is 1. The molecule has 2 N–H and O–H groups in total. The summed E-state index contributed by atoms with van der Waals surface area (Å²) in [4.78, 5) is 29.9. The summed E-state index contributed by atoms with van der Waals surface area (Å²) in [6, 6.07) is 7.84. The summed E-state index contributed by atoms with van der Waals surface area (Å²) in [5, 5.41) is 3.62. The average Bonchev–Trinajstić information content (AvgIpc) is 3.09. The number of nitrogens with one attached hydrogen (secondary N) is 2. The largest absolute Gasteiger partial charge is 0.404 e. The van der Waals surface area contributed by atoms with Crippen LogP contribution in [0, 0.1) is 26.7 Å². The fourth-order valence-corrected chi connectivity index (χ4v) is 6.68. The van der Waals surface area contributed by atoms with Crippen LogP contribution in [0.3, 0.4) is 0 Å². The quantitative estimate of drug-likeness (QED) is 0.299. The highest BCUT2D eigenvalue weighted by atomic mass is 127. The fraction of sp³-hybridized carbons (Fsp3) is 0.462. The number of nitrogens with zero attached hydrogens (tertiary/aromatic N) is 2. The van der Waals surface area contributed by atoms with Crippen LogP contribution in [0.5, 0.6) is 0 Å². The normalized spacial score (nSPS) is 20.0. The van der Waals surface area contributed by atoms with Gasteiger partial charge < -0.3 is 14.9 Å². The summed E-state index contributed by atoms with van der Waals surface area (Å²) < 4.78 is 42.7. The van der Waals surface area contributed by atoms with Gasteiger partial charge in [-0.2, -0.15) is 13.2 Å². The first-order valence-electron chi connectivity index (χ1n) is 11.9. The molecule has 3 atom stereocenters. The number of halogens is 4. The molecule has 4 rings (SSSR count). The highest BCUT2D eigenvalue weighted by Crippen LogP contribution is 2.43. The van der Waals surface area contributed by atoms with Gasteiger partial charge in [-0.25, -0.2) is 0 Å². The van der Waals surface area contributed by atoms with Crippen molar-refractivity contribution in [2.75, 3.05) is 13.6 Å². The maximum absolute atomic E-state index is 13.6. The Morgan fingerprint density at radius 3 is 2.61 bits per heavy atom. The van der Waals surface area contributed by atoms with E-state index in [1.807, 2.05) is 48.7 Å². The lowest BCUT2D eigenvalue weighted by Gasteiger charge is -2.40. The Balaban J connectivity index is 1.66. The number of rotatable bonds is 5. The molecule has 3 aromatic rings. The van der Waals surface area contributed by atoms with E-state index in [0.29, 0.717) is 29.8 Å². The predicted octanol–water partition coefficient (Wildman–Crippen LogP) is 5.39. The SMILES string of the molecule is Cc1cc(C)c(CNC(=O)c2c(C)n(C(I)[C@H]3CCN(C)C(C(F)(F)F)C3)c3ccccc23)c(=O)[nH]1. The number of hydrogen-bond acceptors (Lipinski definition) is 3. The van der Waals surface area contributed by atoms with Crippen LogP contribution >= 0.6 is 22.6 Å². The maximum Gasteiger partial charge on any atom is 0.404 e. The molecule has 2 aromatic heterocycles. The molecule has 1 aliphatic rings. The molecule has 1 saturated heterocycles. The van der Waals surface area contributed by atoms with E-state index in [1.165, 1.54) is 11.9 Å². The van der Waals surface area contributed by atoms with E-state index in [4.69, 9.17) is 0 Å². The van der Waals surface area contributed by atoms with E-state index in [1.54, 1.807) is 6.92 Å². The third kappa shape index (κ3) is 5.06. The van der Waals surface area contributed by atoms with Crippen LogP contribution in [0.25, 0.3) is 10.9 Å². The van der Waals surface area contributed by atoms with Gasteiger partial charge in [-0.3, -0.25) is 14.5 Å². The minimum absolute atomic E-state index is 0.0105. The Hall–Kier alpha value is -2.34. The number of fused-ring (bicyclic) bond motifs is 1. The second-order valence-electron chi connectivity index (χ2n) is 9.67. The summed E-state index contributed by atoms with van der Waals surface area (Å²) in [5.41, 5.74) is 3.79. The number of likely N-dealkylation sites (tertiary alicyclic amines) is 1. The van der Waals surface area contributed by atoms with E-state index < -0.39 is 12.2 Å². The van der Waals surface area contributed by atoms with Crippen LogP contribution in [-0.2, 0) is 6.54 Å². The van der Waals surface area contributed by atoms with Crippen molar-refractivity contribution < 1.29 is 18.0 Å². The summed E-state index contributed by atoms with van der Waals surface area (Å²) >= 11 is 2.22. The molecule has 1 fully saturated rings. The molecule has 0 bridgehead atoms. The molecule has 10 heteroatoms. The lowest BCUT2D eigenvalue weighted by atomic mass is 9.90. The van der Waals surface area contributed by atoms with Crippen molar-refractivity contribution in [2.24, 2.45) is 5.92 Å². The summed E-state index contributed by atoms with van der Waals surface area (Å²) in [6.07, 6.45) is -3.63. The van der Waals surface area contributed by atoms with Crippen molar-refractivity contribution in [1.82, 2.24) is 19.8 Å². The van der Waals surface area contributed by atoms with Crippen LogP contribution in [0.4, 0.5) is 13.2 Å². The van der Waals surface area contributed by atoms with E-state index in [-0.39, 0.29) is 34.4 Å². The van der Waals surface area contributed by atoms with Gasteiger partial charge in [0, 0.05) is 34.4 Å². The Morgan fingerprint density at radius 2 is 1.94 bits per heavy atom. The number of hydrogen-bond donors (Lipinski definition) is 2. The first-order chi connectivity index (χ1) is 16.9. The number of carbonyl (C=O) groups is 1. The van der Waals surface area contributed by atoms with Crippen LogP contribution in [0.15, 0.2) is 35.1 Å². The Labute approximate surface area is 221 Å². The van der Waals surface area contributed by atoms with E-state index in [0.717, 1.165) is 22.2 Å². The van der Waals surface area contributed by atoms with Crippen molar-refractivity contribution in [3.05, 3.63) is 68.8 Å². The van der Waals surface area contributed by atoms with Gasteiger partial charge in [0.25, 0.3) is 11.5 Å². The van der Waals surface area contributed by atoms with Crippen molar-refractivity contribution in [3.8, 4) is 0 Å². The average molecular weight is 614 g/mol. The Kier molecular flexibility index (Phi) is 7.57.